The van der Waals surface area contributed by atoms with Crippen molar-refractivity contribution >= 4 is 15.9 Å². The van der Waals surface area contributed by atoms with E-state index in [1.807, 2.05) is 12.1 Å². The molecule has 1 saturated carbocycles. The van der Waals surface area contributed by atoms with Crippen molar-refractivity contribution in [2.75, 3.05) is 26.2 Å². The van der Waals surface area contributed by atoms with Crippen LogP contribution in [-0.2, 0) is 20.2 Å². The maximum Gasteiger partial charge on any atom is 0.243 e. The molecule has 2 atom stereocenters. The van der Waals surface area contributed by atoms with Crippen LogP contribution in [0.25, 0.3) is 0 Å². The van der Waals surface area contributed by atoms with Crippen LogP contribution in [0.3, 0.4) is 0 Å². The number of hydrogen-bond acceptors (Lipinski definition) is 5. The minimum Gasteiger partial charge on any atom is -0.340 e. The summed E-state index contributed by atoms with van der Waals surface area (Å²) in [6.45, 7) is 7.12. The molecular formula is C18H25N3O5S. The summed E-state index contributed by atoms with van der Waals surface area (Å²) in [6, 6.07) is 6.13. The number of benzene rings is 1. The molecule has 0 bridgehead atoms. The lowest BCUT2D eigenvalue weighted by Gasteiger charge is -2.34. The van der Waals surface area contributed by atoms with Crippen LogP contribution < -0.4 is 0 Å². The monoisotopic (exact) mass is 395 g/mol. The molecule has 1 aromatic rings. The Morgan fingerprint density at radius 1 is 1.11 bits per heavy atom. The molecule has 1 saturated heterocycles. The van der Waals surface area contributed by atoms with Gasteiger partial charge in [0.25, 0.3) is 0 Å². The lowest BCUT2D eigenvalue weighted by molar-refractivity contribution is -0.497. The predicted molar refractivity (Wildman–Crippen MR) is 99.4 cm³/mol. The van der Waals surface area contributed by atoms with Crippen LogP contribution in [0.2, 0.25) is 0 Å². The van der Waals surface area contributed by atoms with Gasteiger partial charge in [-0.2, -0.15) is 4.31 Å². The molecule has 0 unspecified atom stereocenters. The number of rotatable bonds is 4. The van der Waals surface area contributed by atoms with E-state index in [1.54, 1.807) is 17.0 Å². The van der Waals surface area contributed by atoms with Gasteiger partial charge in [0.05, 0.1) is 4.90 Å². The summed E-state index contributed by atoms with van der Waals surface area (Å²) in [4.78, 5) is 24.4. The summed E-state index contributed by atoms with van der Waals surface area (Å²) in [6.07, 6.45) is 0.282. The molecule has 1 aromatic carbocycles. The third-order valence-electron chi connectivity index (χ3n) is 5.25. The molecule has 9 heteroatoms. The molecule has 2 aliphatic rings. The molecule has 0 aromatic heterocycles. The second-order valence-electron chi connectivity index (χ2n) is 8.20. The second-order valence-corrected chi connectivity index (χ2v) is 10.1. The Morgan fingerprint density at radius 2 is 1.67 bits per heavy atom. The van der Waals surface area contributed by atoms with Crippen LogP contribution in [0, 0.1) is 16.0 Å². The van der Waals surface area contributed by atoms with Crippen LogP contribution in [0.5, 0.6) is 0 Å². The molecule has 8 nitrogen and oxygen atoms in total. The molecule has 1 amide bonds. The number of carbonyl (C=O) groups is 1. The number of amides is 1. The van der Waals surface area contributed by atoms with Gasteiger partial charge in [-0.3, -0.25) is 14.9 Å². The van der Waals surface area contributed by atoms with Crippen LogP contribution >= 0.6 is 0 Å². The van der Waals surface area contributed by atoms with Gasteiger partial charge in [0.15, 0.2) is 0 Å². The zero-order valence-electron chi connectivity index (χ0n) is 15.8. The average molecular weight is 395 g/mol. The zero-order chi connectivity index (χ0) is 20.0. The number of piperazine rings is 1. The minimum absolute atomic E-state index is 0.0568. The van der Waals surface area contributed by atoms with Gasteiger partial charge in [-0.05, 0) is 23.1 Å². The normalized spacial score (nSPS) is 23.9. The summed E-state index contributed by atoms with van der Waals surface area (Å²) in [5, 5.41) is 10.7. The second kappa shape index (κ2) is 6.87. The van der Waals surface area contributed by atoms with Crippen molar-refractivity contribution in [3.8, 4) is 0 Å². The van der Waals surface area contributed by atoms with Crippen molar-refractivity contribution in [1.29, 1.82) is 0 Å². The maximum absolute atomic E-state index is 12.8. The summed E-state index contributed by atoms with van der Waals surface area (Å²) in [5.74, 6) is -0.781. The number of hydrogen-bond donors (Lipinski definition) is 0. The molecule has 0 radical (unpaired) electrons. The Morgan fingerprint density at radius 3 is 2.11 bits per heavy atom. The molecule has 0 N–H and O–H groups in total. The van der Waals surface area contributed by atoms with Crippen LogP contribution in [0.4, 0.5) is 0 Å². The first-order valence-electron chi connectivity index (χ1n) is 9.05. The van der Waals surface area contributed by atoms with Crippen molar-refractivity contribution in [3.63, 3.8) is 0 Å². The Hall–Kier alpha value is -2.00. The Kier molecular flexibility index (Phi) is 5.02. The van der Waals surface area contributed by atoms with E-state index >= 15 is 0 Å². The highest BCUT2D eigenvalue weighted by atomic mass is 32.2. The highest BCUT2D eigenvalue weighted by molar-refractivity contribution is 7.89. The SMILES string of the molecule is CC(C)(C)c1ccc(S(=O)(=O)N2CCN(C(=O)[C@H]3C[C@H]3[N+](=O)[O-])CC2)cc1. The minimum atomic E-state index is -3.62. The fraction of sp³-hybridized carbons (Fsp3) is 0.611. The zero-order valence-corrected chi connectivity index (χ0v) is 16.6. The van der Waals surface area contributed by atoms with Crippen molar-refractivity contribution < 1.29 is 18.1 Å². The average Bonchev–Trinajstić information content (AvgIpc) is 3.41. The Bertz CT molecular complexity index is 837. The molecular weight excluding hydrogens is 370 g/mol. The summed E-state index contributed by atoms with van der Waals surface area (Å²) < 4.78 is 27.1. The van der Waals surface area contributed by atoms with Gasteiger partial charge < -0.3 is 4.90 Å². The first kappa shape index (κ1) is 19.8. The molecule has 1 heterocycles. The van der Waals surface area contributed by atoms with Gasteiger partial charge >= 0.3 is 0 Å². The molecule has 27 heavy (non-hydrogen) atoms. The predicted octanol–water partition coefficient (Wildman–Crippen LogP) is 1.48. The van der Waals surface area contributed by atoms with Crippen molar-refractivity contribution in [2.45, 2.75) is 43.5 Å². The number of carbonyl (C=O) groups excluding carboxylic acids is 1. The quantitative estimate of drug-likeness (QED) is 0.568. The fourth-order valence-electron chi connectivity index (χ4n) is 3.34. The summed E-state index contributed by atoms with van der Waals surface area (Å²) in [5.41, 5.74) is 1.00. The standard InChI is InChI=1S/C18H25N3O5S/c1-18(2,3)13-4-6-14(7-5-13)27(25,26)20-10-8-19(9-11-20)17(22)15-12-16(15)21(23)24/h4-7,15-16H,8-12H2,1-3H3/t15-,16+/m0/s1. The van der Waals surface area contributed by atoms with Crippen molar-refractivity contribution in [1.82, 2.24) is 9.21 Å². The molecule has 0 spiro atoms. The van der Waals surface area contributed by atoms with Gasteiger partial charge in [-0.15, -0.1) is 0 Å². The largest absolute Gasteiger partial charge is 0.340 e. The third-order valence-corrected chi connectivity index (χ3v) is 7.17. The van der Waals surface area contributed by atoms with Gasteiger partial charge in [0, 0.05) is 37.5 Å². The van der Waals surface area contributed by atoms with Crippen molar-refractivity contribution in [2.24, 2.45) is 5.92 Å². The maximum atomic E-state index is 12.8. The first-order chi connectivity index (χ1) is 12.5. The highest BCUT2D eigenvalue weighted by Gasteiger charge is 2.54. The van der Waals surface area contributed by atoms with E-state index in [4.69, 9.17) is 0 Å². The number of nitrogens with zero attached hydrogens (tertiary/aromatic N) is 3. The first-order valence-corrected chi connectivity index (χ1v) is 10.5. The molecule has 1 aliphatic carbocycles. The van der Waals surface area contributed by atoms with Crippen LogP contribution in [-0.4, -0.2) is 60.7 Å². The Labute approximate surface area is 159 Å². The lowest BCUT2D eigenvalue weighted by Crippen LogP contribution is -2.51. The lowest BCUT2D eigenvalue weighted by atomic mass is 9.87. The Balaban J connectivity index is 1.63. The van der Waals surface area contributed by atoms with Gasteiger partial charge in [-0.1, -0.05) is 32.9 Å². The summed E-state index contributed by atoms with van der Waals surface area (Å²) >= 11 is 0. The third kappa shape index (κ3) is 3.98. The molecule has 1 aliphatic heterocycles. The molecule has 3 rings (SSSR count). The number of nitro groups is 1. The number of sulfonamides is 1. The summed E-state index contributed by atoms with van der Waals surface area (Å²) in [7, 11) is -3.62. The van der Waals surface area contributed by atoms with E-state index in [-0.39, 0.29) is 48.8 Å². The molecule has 148 valence electrons. The van der Waals surface area contributed by atoms with E-state index in [9.17, 15) is 23.3 Å². The van der Waals surface area contributed by atoms with Crippen LogP contribution in [0.15, 0.2) is 29.2 Å². The highest BCUT2D eigenvalue weighted by Crippen LogP contribution is 2.35. The van der Waals surface area contributed by atoms with E-state index in [0.717, 1.165) is 5.56 Å². The van der Waals surface area contributed by atoms with E-state index in [1.165, 1.54) is 4.31 Å². The van der Waals surface area contributed by atoms with E-state index in [2.05, 4.69) is 20.8 Å². The fourth-order valence-corrected chi connectivity index (χ4v) is 4.76. The van der Waals surface area contributed by atoms with Crippen LogP contribution in [0.1, 0.15) is 32.8 Å². The smallest absolute Gasteiger partial charge is 0.243 e. The van der Waals surface area contributed by atoms with Gasteiger partial charge in [0.2, 0.25) is 22.0 Å². The van der Waals surface area contributed by atoms with Gasteiger partial charge in [-0.25, -0.2) is 8.42 Å². The molecule has 2 fully saturated rings. The van der Waals surface area contributed by atoms with E-state index < -0.39 is 26.9 Å². The van der Waals surface area contributed by atoms with E-state index in [0.29, 0.717) is 0 Å². The van der Waals surface area contributed by atoms with Crippen molar-refractivity contribution in [3.05, 3.63) is 39.9 Å². The van der Waals surface area contributed by atoms with Gasteiger partial charge in [0.1, 0.15) is 5.92 Å². The topological polar surface area (TPSA) is 101 Å².